The minimum atomic E-state index is 0.0815. The monoisotopic (exact) mass is 356 g/mol. The van der Waals surface area contributed by atoms with Crippen molar-refractivity contribution in [1.82, 2.24) is 9.88 Å². The number of hydrogen-bond acceptors (Lipinski definition) is 3. The van der Waals surface area contributed by atoms with E-state index < -0.39 is 0 Å². The highest BCUT2D eigenvalue weighted by atomic mass is 16.1. The number of benzene rings is 2. The molecule has 0 N–H and O–H groups in total. The molecule has 2 heterocycles. The van der Waals surface area contributed by atoms with E-state index in [0.29, 0.717) is 0 Å². The molecule has 0 bridgehead atoms. The predicted octanol–water partition coefficient (Wildman–Crippen LogP) is 4.84. The topological polar surface area (TPSA) is 33.2 Å². The Morgan fingerprint density at radius 1 is 0.963 bits per heavy atom. The fourth-order valence-electron chi connectivity index (χ4n) is 3.86. The number of piperidine rings is 1. The third-order valence-corrected chi connectivity index (χ3v) is 5.28. The van der Waals surface area contributed by atoms with E-state index in [-0.39, 0.29) is 11.7 Å². The summed E-state index contributed by atoms with van der Waals surface area (Å²) in [5.41, 5.74) is 4.35. The van der Waals surface area contributed by atoms with Gasteiger partial charge in [0, 0.05) is 37.0 Å². The van der Waals surface area contributed by atoms with Gasteiger partial charge >= 0.3 is 0 Å². The first-order chi connectivity index (χ1) is 13.3. The van der Waals surface area contributed by atoms with Crippen LogP contribution in [0.4, 0.5) is 0 Å². The summed E-state index contributed by atoms with van der Waals surface area (Å²) in [6, 6.07) is 22.4. The molecule has 1 unspecified atom stereocenters. The maximum atomic E-state index is 13.0. The highest BCUT2D eigenvalue weighted by Crippen LogP contribution is 2.24. The molecule has 1 fully saturated rings. The Kier molecular flexibility index (Phi) is 5.40. The zero-order valence-corrected chi connectivity index (χ0v) is 15.4. The Morgan fingerprint density at radius 2 is 1.74 bits per heavy atom. The van der Waals surface area contributed by atoms with Crippen LogP contribution in [0.3, 0.4) is 0 Å². The van der Waals surface area contributed by atoms with E-state index in [9.17, 15) is 4.79 Å². The van der Waals surface area contributed by atoms with Crippen molar-refractivity contribution in [1.29, 1.82) is 0 Å². The number of nitrogens with zero attached hydrogens (tertiary/aromatic N) is 2. The number of hydrogen-bond donors (Lipinski definition) is 0. The summed E-state index contributed by atoms with van der Waals surface area (Å²) in [6.45, 7) is 2.74. The summed E-state index contributed by atoms with van der Waals surface area (Å²) in [4.78, 5) is 19.6. The summed E-state index contributed by atoms with van der Waals surface area (Å²) >= 11 is 0. The van der Waals surface area contributed by atoms with Crippen LogP contribution in [0, 0.1) is 5.92 Å². The van der Waals surface area contributed by atoms with Crippen molar-refractivity contribution in [2.45, 2.75) is 19.4 Å². The normalized spacial score (nSPS) is 17.6. The van der Waals surface area contributed by atoms with Gasteiger partial charge in [-0.25, -0.2) is 0 Å². The molecule has 1 aliphatic heterocycles. The average Bonchev–Trinajstić information content (AvgIpc) is 2.75. The largest absolute Gasteiger partial charge is 0.298 e. The Hall–Kier alpha value is -2.78. The molecule has 3 aromatic rings. The summed E-state index contributed by atoms with van der Waals surface area (Å²) in [7, 11) is 0. The minimum Gasteiger partial charge on any atom is -0.298 e. The van der Waals surface area contributed by atoms with Gasteiger partial charge in [-0.15, -0.1) is 0 Å². The maximum Gasteiger partial charge on any atom is 0.167 e. The van der Waals surface area contributed by atoms with Crippen molar-refractivity contribution in [3.05, 3.63) is 90.3 Å². The fourth-order valence-corrected chi connectivity index (χ4v) is 3.86. The summed E-state index contributed by atoms with van der Waals surface area (Å²) in [5.74, 6) is 0.350. The fraction of sp³-hybridized carbons (Fsp3) is 0.250. The molecule has 27 heavy (non-hydrogen) atoms. The lowest BCUT2D eigenvalue weighted by molar-refractivity contribution is 0.0811. The van der Waals surface area contributed by atoms with Crippen LogP contribution < -0.4 is 0 Å². The predicted molar refractivity (Wildman–Crippen MR) is 108 cm³/mol. The molecule has 2 aromatic carbocycles. The lowest BCUT2D eigenvalue weighted by Crippen LogP contribution is -2.38. The molecule has 0 spiro atoms. The van der Waals surface area contributed by atoms with E-state index in [0.717, 1.165) is 43.6 Å². The van der Waals surface area contributed by atoms with Gasteiger partial charge in [0.1, 0.15) is 0 Å². The van der Waals surface area contributed by atoms with Crippen LogP contribution in [0.5, 0.6) is 0 Å². The van der Waals surface area contributed by atoms with Gasteiger partial charge in [0.15, 0.2) is 5.78 Å². The van der Waals surface area contributed by atoms with Crippen LogP contribution >= 0.6 is 0 Å². The third-order valence-electron chi connectivity index (χ3n) is 5.28. The molecule has 136 valence electrons. The lowest BCUT2D eigenvalue weighted by atomic mass is 9.89. The number of aromatic nitrogens is 1. The average molecular weight is 356 g/mol. The van der Waals surface area contributed by atoms with Gasteiger partial charge in [0.2, 0.25) is 0 Å². The molecule has 0 aliphatic carbocycles. The highest BCUT2D eigenvalue weighted by Gasteiger charge is 2.26. The number of pyridine rings is 1. The summed E-state index contributed by atoms with van der Waals surface area (Å²) < 4.78 is 0. The first-order valence-corrected chi connectivity index (χ1v) is 9.60. The van der Waals surface area contributed by atoms with Crippen molar-refractivity contribution < 1.29 is 4.79 Å². The molecule has 3 heteroatoms. The molecule has 1 atom stereocenters. The number of Topliss-reactive ketones (excluding diaryl/α,β-unsaturated/α-hetero) is 1. The van der Waals surface area contributed by atoms with Gasteiger partial charge in [0.05, 0.1) is 0 Å². The van der Waals surface area contributed by atoms with Crippen molar-refractivity contribution in [3.63, 3.8) is 0 Å². The first kappa shape index (κ1) is 17.6. The Balaban J connectivity index is 1.42. The second-order valence-electron chi connectivity index (χ2n) is 7.24. The molecular formula is C24H24N2O. The van der Waals surface area contributed by atoms with E-state index >= 15 is 0 Å². The van der Waals surface area contributed by atoms with Crippen molar-refractivity contribution in [2.75, 3.05) is 13.1 Å². The highest BCUT2D eigenvalue weighted by molar-refractivity contribution is 5.98. The zero-order valence-electron chi connectivity index (χ0n) is 15.4. The second-order valence-corrected chi connectivity index (χ2v) is 7.24. The SMILES string of the molecule is O=C(c1ccc(-c2ccccc2)cc1)C1CCCN(Cc2cccnc2)C1. The molecule has 1 saturated heterocycles. The quantitative estimate of drug-likeness (QED) is 0.613. The third kappa shape index (κ3) is 4.32. The molecule has 0 radical (unpaired) electrons. The molecule has 4 rings (SSSR count). The van der Waals surface area contributed by atoms with Crippen LogP contribution in [-0.4, -0.2) is 28.8 Å². The van der Waals surface area contributed by atoms with Crippen LogP contribution in [0.15, 0.2) is 79.1 Å². The van der Waals surface area contributed by atoms with Crippen LogP contribution in [0.2, 0.25) is 0 Å². The smallest absolute Gasteiger partial charge is 0.167 e. The van der Waals surface area contributed by atoms with Gasteiger partial charge < -0.3 is 0 Å². The van der Waals surface area contributed by atoms with E-state index in [2.05, 4.69) is 40.2 Å². The molecule has 1 aliphatic rings. The number of ketones is 1. The van der Waals surface area contributed by atoms with Crippen LogP contribution in [-0.2, 0) is 6.54 Å². The summed E-state index contributed by atoms with van der Waals surface area (Å²) in [6.07, 6.45) is 5.75. The van der Waals surface area contributed by atoms with Gasteiger partial charge in [-0.1, -0.05) is 60.7 Å². The number of likely N-dealkylation sites (tertiary alicyclic amines) is 1. The lowest BCUT2D eigenvalue weighted by Gasteiger charge is -2.32. The molecule has 1 aromatic heterocycles. The van der Waals surface area contributed by atoms with Crippen molar-refractivity contribution in [3.8, 4) is 11.1 Å². The molecule has 0 amide bonds. The minimum absolute atomic E-state index is 0.0815. The van der Waals surface area contributed by atoms with E-state index in [1.807, 2.05) is 42.6 Å². The Morgan fingerprint density at radius 3 is 2.48 bits per heavy atom. The Bertz CT molecular complexity index is 875. The number of rotatable bonds is 5. The summed E-state index contributed by atoms with van der Waals surface area (Å²) in [5, 5.41) is 0. The van der Waals surface area contributed by atoms with E-state index in [1.165, 1.54) is 11.1 Å². The molecular weight excluding hydrogens is 332 g/mol. The van der Waals surface area contributed by atoms with Crippen molar-refractivity contribution >= 4 is 5.78 Å². The van der Waals surface area contributed by atoms with Gasteiger partial charge in [0.25, 0.3) is 0 Å². The maximum absolute atomic E-state index is 13.0. The number of carbonyl (C=O) groups is 1. The first-order valence-electron chi connectivity index (χ1n) is 9.60. The number of carbonyl (C=O) groups excluding carboxylic acids is 1. The molecule has 3 nitrogen and oxygen atoms in total. The second kappa shape index (κ2) is 8.28. The van der Waals surface area contributed by atoms with Crippen molar-refractivity contribution in [2.24, 2.45) is 5.92 Å². The van der Waals surface area contributed by atoms with Gasteiger partial charge in [-0.05, 0) is 42.1 Å². The Labute approximate surface area is 160 Å². The zero-order chi connectivity index (χ0) is 18.5. The van der Waals surface area contributed by atoms with Crippen LogP contribution in [0.1, 0.15) is 28.8 Å². The standard InChI is InChI=1S/C24H24N2O/c27-24(22-12-10-21(11-13-22)20-7-2-1-3-8-20)23-9-5-15-26(18-23)17-19-6-4-14-25-16-19/h1-4,6-8,10-14,16,23H,5,9,15,17-18H2. The molecule has 0 saturated carbocycles. The van der Waals surface area contributed by atoms with Crippen LogP contribution in [0.25, 0.3) is 11.1 Å². The van der Waals surface area contributed by atoms with Gasteiger partial charge in [-0.2, -0.15) is 0 Å². The van der Waals surface area contributed by atoms with E-state index in [1.54, 1.807) is 6.20 Å². The van der Waals surface area contributed by atoms with E-state index in [4.69, 9.17) is 0 Å². The van der Waals surface area contributed by atoms with Gasteiger partial charge in [-0.3, -0.25) is 14.7 Å².